The summed E-state index contributed by atoms with van der Waals surface area (Å²) in [5, 5.41) is 0.250. The van der Waals surface area contributed by atoms with Crippen LogP contribution < -0.4 is 5.73 Å². The third-order valence-electron chi connectivity index (χ3n) is 3.91. The van der Waals surface area contributed by atoms with E-state index in [1.807, 2.05) is 0 Å². The summed E-state index contributed by atoms with van der Waals surface area (Å²) in [7, 11) is -1.92. The highest BCUT2D eigenvalue weighted by Crippen LogP contribution is 2.29. The van der Waals surface area contributed by atoms with Gasteiger partial charge >= 0.3 is 0 Å². The Morgan fingerprint density at radius 3 is 2.60 bits per heavy atom. The fourth-order valence-electron chi connectivity index (χ4n) is 2.69. The van der Waals surface area contributed by atoms with Crippen LogP contribution in [0.4, 0.5) is 0 Å². The van der Waals surface area contributed by atoms with Gasteiger partial charge in [-0.15, -0.1) is 0 Å². The van der Waals surface area contributed by atoms with Gasteiger partial charge in [-0.2, -0.15) is 0 Å². The molecule has 2 N–H and O–H groups in total. The second-order valence-corrected chi connectivity index (χ2v) is 7.83. The Morgan fingerprint density at radius 2 is 2.00 bits per heavy atom. The van der Waals surface area contributed by atoms with E-state index in [1.54, 1.807) is 25.2 Å². The molecule has 1 saturated carbocycles. The van der Waals surface area contributed by atoms with Crippen molar-refractivity contribution in [1.29, 1.82) is 0 Å². The Morgan fingerprint density at radius 1 is 1.35 bits per heavy atom. The van der Waals surface area contributed by atoms with Crippen LogP contribution in [0.15, 0.2) is 23.1 Å². The van der Waals surface area contributed by atoms with Crippen molar-refractivity contribution in [2.45, 2.75) is 37.1 Å². The largest absolute Gasteiger partial charge is 0.326 e. The summed E-state index contributed by atoms with van der Waals surface area (Å²) in [5.74, 6) is 0.464. The number of rotatable bonds is 5. The van der Waals surface area contributed by atoms with Gasteiger partial charge in [-0.25, -0.2) is 12.7 Å². The summed E-state index contributed by atoms with van der Waals surface area (Å²) < 4.78 is 26.6. The van der Waals surface area contributed by atoms with Crippen molar-refractivity contribution in [2.75, 3.05) is 13.6 Å². The van der Waals surface area contributed by atoms with Crippen molar-refractivity contribution < 1.29 is 8.42 Å². The monoisotopic (exact) mass is 316 g/mol. The minimum absolute atomic E-state index is 0.155. The second-order valence-electron chi connectivity index (χ2n) is 5.40. The molecule has 0 aliphatic heterocycles. The van der Waals surface area contributed by atoms with E-state index < -0.39 is 10.0 Å². The molecular formula is C14H21ClN2O2S. The van der Waals surface area contributed by atoms with E-state index in [0.717, 1.165) is 18.4 Å². The lowest BCUT2D eigenvalue weighted by molar-refractivity contribution is 0.387. The average Bonchev–Trinajstić information content (AvgIpc) is 2.92. The zero-order valence-electron chi connectivity index (χ0n) is 11.7. The van der Waals surface area contributed by atoms with E-state index >= 15 is 0 Å². The maximum Gasteiger partial charge on any atom is 0.244 e. The highest BCUT2D eigenvalue weighted by atomic mass is 35.5. The lowest BCUT2D eigenvalue weighted by atomic mass is 10.1. The molecule has 20 heavy (non-hydrogen) atoms. The van der Waals surface area contributed by atoms with Gasteiger partial charge in [0.15, 0.2) is 0 Å². The van der Waals surface area contributed by atoms with E-state index in [9.17, 15) is 8.42 Å². The molecule has 1 aromatic rings. The molecular weight excluding hydrogens is 296 g/mol. The smallest absolute Gasteiger partial charge is 0.244 e. The molecule has 112 valence electrons. The fourth-order valence-corrected chi connectivity index (χ4v) is 4.46. The number of hydrogen-bond acceptors (Lipinski definition) is 3. The first kappa shape index (κ1) is 15.8. The molecule has 0 aromatic heterocycles. The number of hydrogen-bond donors (Lipinski definition) is 1. The topological polar surface area (TPSA) is 63.4 Å². The van der Waals surface area contributed by atoms with Gasteiger partial charge in [0.05, 0.1) is 5.02 Å². The summed E-state index contributed by atoms with van der Waals surface area (Å²) >= 11 is 6.05. The first-order valence-corrected chi connectivity index (χ1v) is 8.72. The quantitative estimate of drug-likeness (QED) is 0.908. The molecule has 0 heterocycles. The predicted octanol–water partition coefficient (Wildman–Crippen LogP) is 2.61. The number of halogens is 1. The Balaban J connectivity index is 2.24. The van der Waals surface area contributed by atoms with Crippen molar-refractivity contribution in [3.8, 4) is 0 Å². The molecule has 4 nitrogen and oxygen atoms in total. The summed E-state index contributed by atoms with van der Waals surface area (Å²) in [6, 6.07) is 4.92. The predicted molar refractivity (Wildman–Crippen MR) is 81.1 cm³/mol. The van der Waals surface area contributed by atoms with Gasteiger partial charge in [0.2, 0.25) is 10.0 Å². The van der Waals surface area contributed by atoms with Crippen molar-refractivity contribution in [3.63, 3.8) is 0 Å². The van der Waals surface area contributed by atoms with E-state index in [2.05, 4.69) is 0 Å². The van der Waals surface area contributed by atoms with E-state index in [0.29, 0.717) is 19.0 Å². The summed E-state index contributed by atoms with van der Waals surface area (Å²) in [5.41, 5.74) is 6.33. The van der Waals surface area contributed by atoms with Gasteiger partial charge in [0, 0.05) is 20.1 Å². The Hall–Kier alpha value is -0.620. The van der Waals surface area contributed by atoms with Crippen LogP contribution in [0.2, 0.25) is 5.02 Å². The number of nitrogens with zero attached hydrogens (tertiary/aromatic N) is 1. The molecule has 2 rings (SSSR count). The molecule has 0 bridgehead atoms. The maximum absolute atomic E-state index is 12.6. The normalized spacial score (nSPS) is 17.0. The van der Waals surface area contributed by atoms with Gasteiger partial charge in [-0.1, -0.05) is 30.5 Å². The van der Waals surface area contributed by atoms with Gasteiger partial charge in [0.1, 0.15) is 4.90 Å². The first-order valence-electron chi connectivity index (χ1n) is 6.90. The van der Waals surface area contributed by atoms with E-state index in [4.69, 9.17) is 17.3 Å². The molecule has 1 aliphatic carbocycles. The van der Waals surface area contributed by atoms with Crippen molar-refractivity contribution in [3.05, 3.63) is 28.8 Å². The van der Waals surface area contributed by atoms with Crippen molar-refractivity contribution in [2.24, 2.45) is 11.7 Å². The number of benzene rings is 1. The molecule has 1 aromatic carbocycles. The molecule has 6 heteroatoms. The molecule has 0 atom stereocenters. The van der Waals surface area contributed by atoms with E-state index in [-0.39, 0.29) is 9.92 Å². The summed E-state index contributed by atoms with van der Waals surface area (Å²) in [6.45, 7) is 0.859. The summed E-state index contributed by atoms with van der Waals surface area (Å²) in [4.78, 5) is 0.155. The molecule has 0 spiro atoms. The van der Waals surface area contributed by atoms with Gasteiger partial charge in [-0.05, 0) is 36.5 Å². The average molecular weight is 317 g/mol. The van der Waals surface area contributed by atoms with Gasteiger partial charge in [0.25, 0.3) is 0 Å². The third-order valence-corrected chi connectivity index (χ3v) is 6.21. The minimum Gasteiger partial charge on any atom is -0.326 e. The zero-order chi connectivity index (χ0) is 14.8. The molecule has 0 radical (unpaired) electrons. The SMILES string of the molecule is CN(CC1CCCC1)S(=O)(=O)c1cc(CN)ccc1Cl. The van der Waals surface area contributed by atoms with E-state index in [1.165, 1.54) is 17.1 Å². The Labute approximate surface area is 126 Å². The van der Waals surface area contributed by atoms with Crippen LogP contribution in [0.1, 0.15) is 31.2 Å². The Bertz CT molecular complexity index is 569. The molecule has 0 amide bonds. The lowest BCUT2D eigenvalue weighted by Crippen LogP contribution is -2.31. The lowest BCUT2D eigenvalue weighted by Gasteiger charge is -2.21. The summed E-state index contributed by atoms with van der Waals surface area (Å²) in [6.07, 6.45) is 4.61. The molecule has 0 saturated heterocycles. The van der Waals surface area contributed by atoms with Crippen LogP contribution >= 0.6 is 11.6 Å². The van der Waals surface area contributed by atoms with Crippen LogP contribution in [-0.4, -0.2) is 26.3 Å². The van der Waals surface area contributed by atoms with Gasteiger partial charge < -0.3 is 5.73 Å². The van der Waals surface area contributed by atoms with Crippen molar-refractivity contribution >= 4 is 21.6 Å². The first-order chi connectivity index (χ1) is 9.45. The van der Waals surface area contributed by atoms with Crippen LogP contribution in [-0.2, 0) is 16.6 Å². The van der Waals surface area contributed by atoms with Gasteiger partial charge in [-0.3, -0.25) is 0 Å². The molecule has 1 aliphatic rings. The van der Waals surface area contributed by atoms with Crippen LogP contribution in [0.25, 0.3) is 0 Å². The zero-order valence-corrected chi connectivity index (χ0v) is 13.3. The van der Waals surface area contributed by atoms with Crippen molar-refractivity contribution in [1.82, 2.24) is 4.31 Å². The second kappa shape index (κ2) is 6.43. The highest BCUT2D eigenvalue weighted by molar-refractivity contribution is 7.89. The van der Waals surface area contributed by atoms with Crippen LogP contribution in [0.3, 0.4) is 0 Å². The number of nitrogens with two attached hydrogens (primary N) is 1. The molecule has 0 unspecified atom stereocenters. The highest BCUT2D eigenvalue weighted by Gasteiger charge is 2.27. The number of sulfonamides is 1. The minimum atomic E-state index is -3.54. The van der Waals surface area contributed by atoms with Crippen LogP contribution in [0.5, 0.6) is 0 Å². The standard InChI is InChI=1S/C14H21ClN2O2S/c1-17(10-11-4-2-3-5-11)20(18,19)14-8-12(9-16)6-7-13(14)15/h6-8,11H,2-5,9-10,16H2,1H3. The maximum atomic E-state index is 12.6. The van der Waals surface area contributed by atoms with Crippen LogP contribution in [0, 0.1) is 5.92 Å². The fraction of sp³-hybridized carbons (Fsp3) is 0.571. The molecule has 1 fully saturated rings. The Kier molecular flexibility index (Phi) is 5.07. The third kappa shape index (κ3) is 3.34.